The first-order valence-corrected chi connectivity index (χ1v) is 21.2. The number of rotatable bonds is 20. The highest BCUT2D eigenvalue weighted by atomic mass is 127. The van der Waals surface area contributed by atoms with Crippen molar-refractivity contribution in [3.8, 4) is 0 Å². The molecule has 0 spiro atoms. The second-order valence-electron chi connectivity index (χ2n) is 16.0. The van der Waals surface area contributed by atoms with Crippen LogP contribution >= 0.6 is 22.6 Å². The molecule has 11 nitrogen and oxygen atoms in total. The number of halogens is 1. The molecule has 2 aromatic rings. The molecule has 1 aliphatic carbocycles. The summed E-state index contributed by atoms with van der Waals surface area (Å²) in [5.41, 5.74) is 0.921. The first-order valence-electron chi connectivity index (χ1n) is 20.1. The highest BCUT2D eigenvalue weighted by molar-refractivity contribution is 14.1. The van der Waals surface area contributed by atoms with Gasteiger partial charge in [0.15, 0.2) is 5.79 Å². The average molecular weight is 889 g/mol. The second kappa shape index (κ2) is 21.4. The van der Waals surface area contributed by atoms with Gasteiger partial charge in [-0.25, -0.2) is 4.79 Å². The number of nitrogens with zero attached hydrogens (tertiary/aromatic N) is 1. The molecule has 2 amide bonds. The Morgan fingerprint density at radius 2 is 1.66 bits per heavy atom. The van der Waals surface area contributed by atoms with Crippen LogP contribution in [-0.4, -0.2) is 89.2 Å². The number of aliphatic hydroxyl groups is 1. The van der Waals surface area contributed by atoms with Gasteiger partial charge in [0.2, 0.25) is 11.8 Å². The molecule has 12 heteroatoms. The number of amides is 2. The third-order valence-corrected chi connectivity index (χ3v) is 10.8. The molecule has 4 rings (SSSR count). The first-order chi connectivity index (χ1) is 26.7. The van der Waals surface area contributed by atoms with Crippen molar-refractivity contribution in [2.24, 2.45) is 0 Å². The molecule has 1 aliphatic heterocycles. The van der Waals surface area contributed by atoms with Gasteiger partial charge in [0.05, 0.1) is 18.2 Å². The summed E-state index contributed by atoms with van der Waals surface area (Å²) < 4.78 is 26.1. The van der Waals surface area contributed by atoms with Gasteiger partial charge in [-0.15, -0.1) is 0 Å². The van der Waals surface area contributed by atoms with Crippen LogP contribution in [0.15, 0.2) is 66.2 Å². The minimum atomic E-state index is -0.977. The Hall–Kier alpha value is -3.33. The Kier molecular flexibility index (Phi) is 17.4. The molecule has 2 aliphatic rings. The number of likely N-dealkylation sites (N-methyl/N-ethyl adjacent to an activating group) is 1. The molecule has 1 heterocycles. The maximum atomic E-state index is 14.6. The maximum Gasteiger partial charge on any atom is 0.338 e. The fourth-order valence-electron chi connectivity index (χ4n) is 7.21. The normalized spacial score (nSPS) is 19.9. The van der Waals surface area contributed by atoms with Crippen LogP contribution in [0.1, 0.15) is 121 Å². The molecule has 0 saturated carbocycles. The highest BCUT2D eigenvalue weighted by Crippen LogP contribution is 2.43. The summed E-state index contributed by atoms with van der Waals surface area (Å²) >= 11 is 2.15. The molecule has 2 N–H and O–H groups in total. The van der Waals surface area contributed by atoms with Crippen molar-refractivity contribution in [3.63, 3.8) is 0 Å². The smallest absolute Gasteiger partial charge is 0.338 e. The van der Waals surface area contributed by atoms with Gasteiger partial charge in [-0.05, 0) is 92.5 Å². The Morgan fingerprint density at radius 1 is 0.982 bits per heavy atom. The maximum absolute atomic E-state index is 14.6. The van der Waals surface area contributed by atoms with Crippen LogP contribution in [0.2, 0.25) is 0 Å². The summed E-state index contributed by atoms with van der Waals surface area (Å²) in [4.78, 5) is 56.1. The van der Waals surface area contributed by atoms with Crippen molar-refractivity contribution >= 4 is 46.3 Å². The predicted molar refractivity (Wildman–Crippen MR) is 223 cm³/mol. The largest absolute Gasteiger partial charge is 0.460 e. The molecule has 1 fully saturated rings. The Labute approximate surface area is 346 Å². The topological polar surface area (TPSA) is 141 Å². The zero-order chi connectivity index (χ0) is 40.9. The van der Waals surface area contributed by atoms with Gasteiger partial charge in [0.1, 0.15) is 30.0 Å². The molecule has 2 aromatic carbocycles. The first kappa shape index (κ1) is 45.4. The van der Waals surface area contributed by atoms with Crippen LogP contribution in [0.5, 0.6) is 0 Å². The van der Waals surface area contributed by atoms with Crippen LogP contribution in [-0.2, 0) is 39.8 Å². The number of esters is 2. The van der Waals surface area contributed by atoms with Gasteiger partial charge >= 0.3 is 11.9 Å². The second-order valence-corrected chi connectivity index (χ2v) is 17.2. The van der Waals surface area contributed by atoms with Crippen molar-refractivity contribution in [2.75, 3.05) is 13.7 Å². The summed E-state index contributed by atoms with van der Waals surface area (Å²) in [6.07, 6.45) is 7.44. The van der Waals surface area contributed by atoms with Gasteiger partial charge < -0.3 is 34.3 Å². The van der Waals surface area contributed by atoms with Crippen molar-refractivity contribution in [3.05, 3.63) is 80.9 Å². The van der Waals surface area contributed by atoms with E-state index in [1.54, 1.807) is 52.1 Å². The Balaban J connectivity index is 1.62. The van der Waals surface area contributed by atoms with E-state index in [2.05, 4.69) is 41.8 Å². The number of nitrogens with one attached hydrogen (secondary N) is 1. The summed E-state index contributed by atoms with van der Waals surface area (Å²) in [5.74, 6) is -2.72. The number of unbranched alkanes of at least 4 members (excludes halogenated alkanes) is 4. The SMILES string of the molecule is CCCCCC1(CCCCC)OC2C=C(C(=O)N(C)C(Cc3ccccc3)C(=O)NC(CO)CCC(=O)OC(C)(C)C)CC(OC(=O)c3cccc(I)c3)C2O1. The number of carbonyl (C=O) groups excluding carboxylic acids is 4. The van der Waals surface area contributed by atoms with E-state index < -0.39 is 72.1 Å². The molecule has 56 heavy (non-hydrogen) atoms. The number of hydrogen-bond donors (Lipinski definition) is 2. The van der Waals surface area contributed by atoms with Gasteiger partial charge in [0, 0.05) is 48.3 Å². The number of hydrogen-bond acceptors (Lipinski definition) is 9. The van der Waals surface area contributed by atoms with Crippen LogP contribution in [0, 0.1) is 3.57 Å². The Bertz CT molecular complexity index is 1630. The predicted octanol–water partition coefficient (Wildman–Crippen LogP) is 7.46. The molecule has 308 valence electrons. The number of benzene rings is 2. The molecule has 0 aromatic heterocycles. The minimum absolute atomic E-state index is 0.000962. The molecular formula is C44H61IN2O9. The fourth-order valence-corrected chi connectivity index (χ4v) is 7.76. The monoisotopic (exact) mass is 888 g/mol. The lowest BCUT2D eigenvalue weighted by molar-refractivity contribution is -0.190. The molecule has 0 radical (unpaired) electrons. The molecule has 5 atom stereocenters. The summed E-state index contributed by atoms with van der Waals surface area (Å²) in [6.45, 7) is 9.23. The molecular weight excluding hydrogens is 827 g/mol. The van der Waals surface area contributed by atoms with Crippen molar-refractivity contribution < 1.29 is 43.2 Å². The van der Waals surface area contributed by atoms with Crippen molar-refractivity contribution in [1.29, 1.82) is 0 Å². The van der Waals surface area contributed by atoms with E-state index >= 15 is 0 Å². The van der Waals surface area contributed by atoms with Gasteiger partial charge in [-0.1, -0.05) is 75.9 Å². The van der Waals surface area contributed by atoms with Gasteiger partial charge in [0.25, 0.3) is 0 Å². The molecule has 5 unspecified atom stereocenters. The van der Waals surface area contributed by atoms with Crippen LogP contribution in [0.3, 0.4) is 0 Å². The lowest BCUT2D eigenvalue weighted by Crippen LogP contribution is -2.53. The molecule has 0 bridgehead atoms. The lowest BCUT2D eigenvalue weighted by Gasteiger charge is -2.34. The van der Waals surface area contributed by atoms with Crippen molar-refractivity contribution in [2.45, 2.75) is 153 Å². The van der Waals surface area contributed by atoms with Crippen LogP contribution < -0.4 is 5.32 Å². The summed E-state index contributed by atoms with van der Waals surface area (Å²) in [7, 11) is 1.58. The van der Waals surface area contributed by atoms with E-state index in [0.717, 1.165) is 47.7 Å². The van der Waals surface area contributed by atoms with Gasteiger partial charge in [-0.3, -0.25) is 14.4 Å². The van der Waals surface area contributed by atoms with E-state index in [0.29, 0.717) is 24.0 Å². The quantitative estimate of drug-likeness (QED) is 0.0788. The fraction of sp³-hybridized carbons (Fsp3) is 0.591. The standard InChI is InChI=1S/C44H61IN2O9/c1-7-9-14-23-44(24-15-10-8-2)54-37-28-32(27-36(39(37)56-44)53-42(52)31-19-16-20-33(45)26-31)41(51)47(6)35(25-30-17-12-11-13-18-30)40(50)46-34(29-48)21-22-38(49)55-43(3,4)5/h11-13,16-20,26,28,34-37,39,48H,7-10,14-15,21-25,27,29H2,1-6H3,(H,46,50). The minimum Gasteiger partial charge on any atom is -0.460 e. The number of ether oxygens (including phenoxy) is 4. The van der Waals surface area contributed by atoms with E-state index in [-0.39, 0.29) is 25.7 Å². The van der Waals surface area contributed by atoms with E-state index in [9.17, 15) is 24.3 Å². The average Bonchev–Trinajstić information content (AvgIpc) is 3.53. The number of carbonyl (C=O) groups is 4. The Morgan fingerprint density at radius 3 is 2.27 bits per heavy atom. The third kappa shape index (κ3) is 13.4. The van der Waals surface area contributed by atoms with E-state index in [1.165, 1.54) is 4.90 Å². The lowest BCUT2D eigenvalue weighted by atomic mass is 9.90. The highest BCUT2D eigenvalue weighted by Gasteiger charge is 2.53. The van der Waals surface area contributed by atoms with E-state index in [4.69, 9.17) is 18.9 Å². The zero-order valence-electron chi connectivity index (χ0n) is 33.9. The summed E-state index contributed by atoms with van der Waals surface area (Å²) in [5, 5.41) is 13.1. The van der Waals surface area contributed by atoms with Crippen LogP contribution in [0.25, 0.3) is 0 Å². The van der Waals surface area contributed by atoms with E-state index in [1.807, 2.05) is 36.4 Å². The van der Waals surface area contributed by atoms with Gasteiger partial charge in [-0.2, -0.15) is 0 Å². The third-order valence-electron chi connectivity index (χ3n) is 10.1. The number of aliphatic hydroxyl groups excluding tert-OH is 1. The zero-order valence-corrected chi connectivity index (χ0v) is 36.0. The number of fused-ring (bicyclic) bond motifs is 1. The molecule has 1 saturated heterocycles. The van der Waals surface area contributed by atoms with Crippen molar-refractivity contribution in [1.82, 2.24) is 10.2 Å². The summed E-state index contributed by atoms with van der Waals surface area (Å²) in [6, 6.07) is 14.8. The van der Waals surface area contributed by atoms with Crippen LogP contribution in [0.4, 0.5) is 0 Å².